The van der Waals surface area contributed by atoms with Gasteiger partial charge in [0.2, 0.25) is 0 Å². The van der Waals surface area contributed by atoms with Crippen LogP contribution in [0.15, 0.2) is 68.7 Å². The molecule has 6 nitrogen and oxygen atoms in total. The van der Waals surface area contributed by atoms with Gasteiger partial charge in [0.15, 0.2) is 5.58 Å². The van der Waals surface area contributed by atoms with E-state index in [1.54, 1.807) is 29.6 Å². The molecule has 0 aliphatic carbocycles. The quantitative estimate of drug-likeness (QED) is 0.369. The fourth-order valence-corrected chi connectivity index (χ4v) is 5.17. The topological polar surface area (TPSA) is 84.2 Å². The number of benzene rings is 2. The summed E-state index contributed by atoms with van der Waals surface area (Å²) in [5, 5.41) is 9.94. The van der Waals surface area contributed by atoms with Crippen molar-refractivity contribution in [2.24, 2.45) is 0 Å². The first-order valence-electron chi connectivity index (χ1n) is 9.41. The Balaban J connectivity index is 1.28. The highest BCUT2D eigenvalue weighted by atomic mass is 32.2. The number of anilines is 1. The third kappa shape index (κ3) is 4.86. The molecule has 2 N–H and O–H groups in total. The number of aromatic nitrogens is 1. The van der Waals surface area contributed by atoms with Gasteiger partial charge in [-0.1, -0.05) is 23.4 Å². The van der Waals surface area contributed by atoms with Gasteiger partial charge >= 0.3 is 0 Å². The first kappa shape index (κ1) is 20.5. The average molecular weight is 446 g/mol. The van der Waals surface area contributed by atoms with Gasteiger partial charge in [0.1, 0.15) is 10.0 Å². The van der Waals surface area contributed by atoms with E-state index in [0.717, 1.165) is 29.6 Å². The Bertz CT molecular complexity index is 1240. The normalized spacial score (nSPS) is 11.8. The Morgan fingerprint density at radius 3 is 2.83 bits per heavy atom. The maximum absolute atomic E-state index is 13.2. The highest BCUT2D eigenvalue weighted by molar-refractivity contribution is 7.94. The van der Waals surface area contributed by atoms with Crippen molar-refractivity contribution in [2.75, 3.05) is 11.3 Å². The predicted octanol–water partition coefficient (Wildman–Crippen LogP) is 4.55. The smallest absolute Gasteiger partial charge is 0.271 e. The summed E-state index contributed by atoms with van der Waals surface area (Å²) in [6.45, 7) is 1.36. The van der Waals surface area contributed by atoms with Gasteiger partial charge in [0.05, 0.1) is 5.69 Å². The molecule has 0 spiro atoms. The van der Waals surface area contributed by atoms with Gasteiger partial charge in [0, 0.05) is 23.7 Å². The summed E-state index contributed by atoms with van der Waals surface area (Å²) in [6.07, 6.45) is 1.55. The van der Waals surface area contributed by atoms with Crippen LogP contribution < -0.4 is 10.0 Å². The van der Waals surface area contributed by atoms with E-state index in [2.05, 4.69) is 15.2 Å². The van der Waals surface area contributed by atoms with Gasteiger partial charge in [-0.25, -0.2) is 12.8 Å². The van der Waals surface area contributed by atoms with Crippen LogP contribution in [-0.2, 0) is 23.0 Å². The maximum Gasteiger partial charge on any atom is 0.271 e. The summed E-state index contributed by atoms with van der Waals surface area (Å²) >= 11 is 1.18. The summed E-state index contributed by atoms with van der Waals surface area (Å²) < 4.78 is 46.0. The second-order valence-corrected chi connectivity index (χ2v) is 9.64. The van der Waals surface area contributed by atoms with Crippen molar-refractivity contribution in [3.05, 3.63) is 77.1 Å². The van der Waals surface area contributed by atoms with Crippen molar-refractivity contribution in [3.8, 4) is 0 Å². The van der Waals surface area contributed by atoms with Crippen LogP contribution in [0.25, 0.3) is 11.0 Å². The standard InChI is InChI=1S/C21H20FN3O3S2/c22-16-8-9-18-19(24-28-20(18)13-16)6-2-10-23-14-15-4-1-5-17(12-15)25-30(26,27)21-7-3-11-29-21/h1,3-5,7-9,11-13,23,25H,2,6,10,14H2. The van der Waals surface area contributed by atoms with Crippen molar-refractivity contribution >= 4 is 38.0 Å². The first-order chi connectivity index (χ1) is 14.5. The van der Waals surface area contributed by atoms with Crippen LogP contribution in [0, 0.1) is 5.82 Å². The molecule has 0 aliphatic rings. The van der Waals surface area contributed by atoms with Crippen LogP contribution in [-0.4, -0.2) is 20.1 Å². The highest BCUT2D eigenvalue weighted by Crippen LogP contribution is 2.22. The van der Waals surface area contributed by atoms with E-state index in [1.165, 1.54) is 23.5 Å². The Morgan fingerprint density at radius 2 is 2.00 bits per heavy atom. The largest absolute Gasteiger partial charge is 0.356 e. The molecule has 2 aromatic heterocycles. The molecule has 0 fully saturated rings. The third-order valence-corrected chi connectivity index (χ3v) is 7.32. The molecule has 0 atom stereocenters. The van der Waals surface area contributed by atoms with Crippen LogP contribution in [0.4, 0.5) is 10.1 Å². The van der Waals surface area contributed by atoms with E-state index in [9.17, 15) is 12.8 Å². The zero-order valence-electron chi connectivity index (χ0n) is 16.0. The summed E-state index contributed by atoms with van der Waals surface area (Å²) in [7, 11) is -3.55. The van der Waals surface area contributed by atoms with Gasteiger partial charge in [-0.15, -0.1) is 11.3 Å². The molecule has 4 rings (SSSR count). The van der Waals surface area contributed by atoms with Crippen molar-refractivity contribution in [3.63, 3.8) is 0 Å². The van der Waals surface area contributed by atoms with Crippen LogP contribution in [0.5, 0.6) is 0 Å². The van der Waals surface area contributed by atoms with Crippen molar-refractivity contribution < 1.29 is 17.3 Å². The van der Waals surface area contributed by atoms with Crippen molar-refractivity contribution in [1.82, 2.24) is 10.5 Å². The number of hydrogen-bond acceptors (Lipinski definition) is 6. The van der Waals surface area contributed by atoms with Crippen molar-refractivity contribution in [1.29, 1.82) is 0 Å². The van der Waals surface area contributed by atoms with Crippen LogP contribution in [0.2, 0.25) is 0 Å². The molecule has 2 heterocycles. The second kappa shape index (κ2) is 8.95. The SMILES string of the molecule is O=S(=O)(Nc1cccc(CNCCCc2noc3cc(F)ccc23)c1)c1cccs1. The van der Waals surface area contributed by atoms with E-state index < -0.39 is 10.0 Å². The molecule has 0 saturated heterocycles. The lowest BCUT2D eigenvalue weighted by molar-refractivity contribution is 0.442. The van der Waals surface area contributed by atoms with Gasteiger partial charge in [-0.2, -0.15) is 0 Å². The average Bonchev–Trinajstić information content (AvgIpc) is 3.38. The minimum Gasteiger partial charge on any atom is -0.356 e. The Hall–Kier alpha value is -2.75. The summed E-state index contributed by atoms with van der Waals surface area (Å²) in [6, 6.07) is 15.0. The predicted molar refractivity (Wildman–Crippen MR) is 116 cm³/mol. The molecule has 0 saturated carbocycles. The number of nitrogens with one attached hydrogen (secondary N) is 2. The monoisotopic (exact) mass is 445 g/mol. The lowest BCUT2D eigenvalue weighted by atomic mass is 10.1. The molecule has 9 heteroatoms. The van der Waals surface area contributed by atoms with E-state index in [1.807, 2.05) is 18.2 Å². The van der Waals surface area contributed by atoms with Crippen LogP contribution in [0.1, 0.15) is 17.7 Å². The number of rotatable bonds is 9. The van der Waals surface area contributed by atoms with E-state index in [4.69, 9.17) is 4.52 Å². The van der Waals surface area contributed by atoms with Crippen LogP contribution >= 0.6 is 11.3 Å². The molecule has 2 aromatic carbocycles. The number of thiophene rings is 1. The Kier molecular flexibility index (Phi) is 6.12. The minimum absolute atomic E-state index is 0.286. The molecular formula is C21H20FN3O3S2. The Morgan fingerprint density at radius 1 is 1.10 bits per heavy atom. The van der Waals surface area contributed by atoms with E-state index in [-0.39, 0.29) is 10.0 Å². The zero-order chi connectivity index (χ0) is 21.0. The molecule has 0 amide bonds. The fourth-order valence-electron chi connectivity index (χ4n) is 3.12. The lowest BCUT2D eigenvalue weighted by Gasteiger charge is -2.09. The number of hydrogen-bond donors (Lipinski definition) is 2. The number of nitrogens with zero attached hydrogens (tertiary/aromatic N) is 1. The number of sulfonamides is 1. The summed E-state index contributed by atoms with van der Waals surface area (Å²) in [5.41, 5.74) is 2.78. The maximum atomic E-state index is 13.2. The number of halogens is 1. The zero-order valence-corrected chi connectivity index (χ0v) is 17.6. The molecule has 0 unspecified atom stereocenters. The number of fused-ring (bicyclic) bond motifs is 1. The third-order valence-electron chi connectivity index (χ3n) is 4.54. The highest BCUT2D eigenvalue weighted by Gasteiger charge is 2.15. The molecule has 0 bridgehead atoms. The van der Waals surface area contributed by atoms with Crippen molar-refractivity contribution in [2.45, 2.75) is 23.6 Å². The lowest BCUT2D eigenvalue weighted by Crippen LogP contribution is -2.16. The first-order valence-corrected chi connectivity index (χ1v) is 11.8. The summed E-state index contributed by atoms with van der Waals surface area (Å²) in [5.74, 6) is -0.341. The molecule has 0 radical (unpaired) electrons. The van der Waals surface area contributed by atoms with E-state index >= 15 is 0 Å². The number of aryl methyl sites for hydroxylation is 1. The second-order valence-electron chi connectivity index (χ2n) is 6.79. The van der Waals surface area contributed by atoms with Gasteiger partial charge in [-0.3, -0.25) is 4.72 Å². The molecule has 30 heavy (non-hydrogen) atoms. The Labute approximate surface area is 177 Å². The molecule has 0 aliphatic heterocycles. The van der Waals surface area contributed by atoms with Gasteiger partial charge in [0.25, 0.3) is 10.0 Å². The minimum atomic E-state index is -3.55. The van der Waals surface area contributed by atoms with Gasteiger partial charge in [-0.05, 0) is 60.7 Å². The fraction of sp³-hybridized carbons (Fsp3) is 0.190. The van der Waals surface area contributed by atoms with Gasteiger partial charge < -0.3 is 9.84 Å². The van der Waals surface area contributed by atoms with Crippen LogP contribution in [0.3, 0.4) is 0 Å². The molecule has 4 aromatic rings. The summed E-state index contributed by atoms with van der Waals surface area (Å²) in [4.78, 5) is 0. The molecule has 156 valence electrons. The molecular weight excluding hydrogens is 425 g/mol. The van der Waals surface area contributed by atoms with E-state index in [0.29, 0.717) is 24.2 Å².